The van der Waals surface area contributed by atoms with Crippen molar-refractivity contribution in [2.45, 2.75) is 24.9 Å². The number of amidine groups is 1. The van der Waals surface area contributed by atoms with Crippen LogP contribution in [-0.2, 0) is 28.0 Å². The van der Waals surface area contributed by atoms with E-state index in [0.717, 1.165) is 16.7 Å². The molecule has 0 radical (unpaired) electrons. The van der Waals surface area contributed by atoms with E-state index in [1.807, 2.05) is 67.6 Å². The molecule has 0 saturated carbocycles. The Morgan fingerprint density at radius 3 is 2.07 bits per heavy atom. The van der Waals surface area contributed by atoms with Crippen molar-refractivity contribution in [1.82, 2.24) is 4.90 Å². The highest BCUT2D eigenvalue weighted by atomic mass is 35.5. The second-order valence-electron chi connectivity index (χ2n) is 9.24. The fraction of sp³-hybridized carbons (Fsp3) is 0.0968. The van der Waals surface area contributed by atoms with Crippen LogP contribution in [0.5, 0.6) is 5.75 Å². The highest BCUT2D eigenvalue weighted by Gasteiger charge is 2.33. The molecule has 208 valence electrons. The molecule has 4 aromatic carbocycles. The van der Waals surface area contributed by atoms with E-state index in [9.17, 15) is 13.2 Å². The highest BCUT2D eigenvalue weighted by Crippen LogP contribution is 2.39. The Kier molecular flexibility index (Phi) is 8.85. The Morgan fingerprint density at radius 2 is 1.46 bits per heavy atom. The zero-order valence-corrected chi connectivity index (χ0v) is 25.0. The van der Waals surface area contributed by atoms with Gasteiger partial charge in [-0.3, -0.25) is 14.7 Å². The number of nitrogens with zero attached hydrogens (tertiary/aromatic N) is 2. The topological polar surface area (TPSA) is 76.0 Å². The number of carbonyl (C=O) groups excluding carboxylic acids is 1. The Morgan fingerprint density at radius 1 is 0.878 bits per heavy atom. The van der Waals surface area contributed by atoms with Gasteiger partial charge in [-0.15, -0.1) is 0 Å². The van der Waals surface area contributed by atoms with Gasteiger partial charge in [0.05, 0.1) is 28.0 Å². The number of thioether (sulfide) groups is 1. The molecule has 0 aromatic heterocycles. The van der Waals surface area contributed by atoms with Crippen molar-refractivity contribution in [1.29, 1.82) is 0 Å². The second-order valence-corrected chi connectivity index (χ2v) is 12.6. The first-order chi connectivity index (χ1) is 19.7. The van der Waals surface area contributed by atoms with Gasteiger partial charge in [-0.25, -0.2) is 0 Å². The van der Waals surface area contributed by atoms with E-state index >= 15 is 0 Å². The third-order valence-electron chi connectivity index (χ3n) is 6.13. The van der Waals surface area contributed by atoms with Crippen LogP contribution in [0.2, 0.25) is 10.0 Å². The molecule has 10 heteroatoms. The predicted molar refractivity (Wildman–Crippen MR) is 166 cm³/mol. The summed E-state index contributed by atoms with van der Waals surface area (Å²) < 4.78 is 30.9. The monoisotopic (exact) mass is 622 g/mol. The van der Waals surface area contributed by atoms with Crippen LogP contribution < -0.4 is 4.18 Å². The SMILES string of the molecule is Cc1ccc(S(=O)(=O)Oc2c(Cl)cc(/C=C3/SC(=NCc4ccccc4)N(Cc4ccccc4)C3=O)cc2Cl)cc1. The maximum Gasteiger partial charge on any atom is 0.339 e. The predicted octanol–water partition coefficient (Wildman–Crippen LogP) is 7.74. The maximum absolute atomic E-state index is 13.5. The third-order valence-corrected chi connectivity index (χ3v) is 8.97. The highest BCUT2D eigenvalue weighted by molar-refractivity contribution is 8.18. The molecular formula is C31H24Cl2N2O4S2. The fourth-order valence-corrected chi connectivity index (χ4v) is 6.64. The van der Waals surface area contributed by atoms with Crippen LogP contribution in [0.1, 0.15) is 22.3 Å². The molecule has 0 unspecified atom stereocenters. The molecule has 1 saturated heterocycles. The van der Waals surface area contributed by atoms with Gasteiger partial charge in [0.1, 0.15) is 4.90 Å². The number of carbonyl (C=O) groups is 1. The molecule has 1 aliphatic heterocycles. The van der Waals surface area contributed by atoms with Gasteiger partial charge in [-0.1, -0.05) is 102 Å². The molecule has 0 atom stereocenters. The summed E-state index contributed by atoms with van der Waals surface area (Å²) in [5.74, 6) is -0.391. The summed E-state index contributed by atoms with van der Waals surface area (Å²) in [5.41, 5.74) is 3.42. The van der Waals surface area contributed by atoms with Crippen molar-refractivity contribution in [3.63, 3.8) is 0 Å². The van der Waals surface area contributed by atoms with Crippen molar-refractivity contribution < 1.29 is 17.4 Å². The van der Waals surface area contributed by atoms with Crippen molar-refractivity contribution in [3.8, 4) is 5.75 Å². The Hall–Kier alpha value is -3.56. The Balaban J connectivity index is 1.42. The van der Waals surface area contributed by atoms with E-state index in [2.05, 4.69) is 0 Å². The van der Waals surface area contributed by atoms with Crippen LogP contribution in [-0.4, -0.2) is 24.4 Å². The summed E-state index contributed by atoms with van der Waals surface area (Å²) in [6.07, 6.45) is 1.66. The summed E-state index contributed by atoms with van der Waals surface area (Å²) in [6.45, 7) is 2.64. The zero-order valence-electron chi connectivity index (χ0n) is 21.8. The van der Waals surface area contributed by atoms with Crippen molar-refractivity contribution in [3.05, 3.63) is 134 Å². The average Bonchev–Trinajstić information content (AvgIpc) is 3.24. The number of rotatable bonds is 8. The standard InChI is InChI=1S/C31H24Cl2N2O4S2/c1-21-12-14-25(15-13-21)41(37,38)39-29-26(32)16-24(17-27(29)33)18-28-30(36)35(20-23-10-6-3-7-11-23)31(40-28)34-19-22-8-4-2-5-9-22/h2-18H,19-20H2,1H3/b28-18+,34-31?. The molecule has 41 heavy (non-hydrogen) atoms. The van der Waals surface area contributed by atoms with Gasteiger partial charge in [-0.05, 0) is 65.7 Å². The maximum atomic E-state index is 13.5. The van der Waals surface area contributed by atoms with Crippen LogP contribution in [0.4, 0.5) is 0 Å². The van der Waals surface area contributed by atoms with Crippen LogP contribution in [0.3, 0.4) is 0 Å². The van der Waals surface area contributed by atoms with Crippen molar-refractivity contribution in [2.24, 2.45) is 4.99 Å². The lowest BCUT2D eigenvalue weighted by molar-refractivity contribution is -0.122. The first kappa shape index (κ1) is 29.0. The Labute approximate surface area is 253 Å². The molecular weight excluding hydrogens is 599 g/mol. The molecule has 1 fully saturated rings. The second kappa shape index (κ2) is 12.5. The minimum absolute atomic E-state index is 0.00501. The van der Waals surface area contributed by atoms with Crippen LogP contribution in [0.25, 0.3) is 6.08 Å². The Bertz CT molecular complexity index is 1720. The summed E-state index contributed by atoms with van der Waals surface area (Å²) in [4.78, 5) is 20.3. The van der Waals surface area contributed by atoms with E-state index in [1.165, 1.54) is 36.0 Å². The minimum Gasteiger partial charge on any atom is -0.376 e. The minimum atomic E-state index is -4.16. The molecule has 0 aliphatic carbocycles. The summed E-state index contributed by atoms with van der Waals surface area (Å²) in [7, 11) is -4.16. The molecule has 1 amide bonds. The molecule has 0 spiro atoms. The summed E-state index contributed by atoms with van der Waals surface area (Å²) in [6, 6.07) is 28.7. The number of hydrogen-bond donors (Lipinski definition) is 0. The van der Waals surface area contributed by atoms with Gasteiger partial charge in [0.15, 0.2) is 10.9 Å². The smallest absolute Gasteiger partial charge is 0.339 e. The molecule has 1 heterocycles. The summed E-state index contributed by atoms with van der Waals surface area (Å²) in [5, 5.41) is 0.569. The van der Waals surface area contributed by atoms with Crippen LogP contribution in [0, 0.1) is 6.92 Å². The largest absolute Gasteiger partial charge is 0.376 e. The molecule has 0 bridgehead atoms. The van der Waals surface area contributed by atoms with Gasteiger partial charge < -0.3 is 4.18 Å². The molecule has 6 nitrogen and oxygen atoms in total. The third kappa shape index (κ3) is 7.02. The number of amides is 1. The van der Waals surface area contributed by atoms with Gasteiger partial charge in [0.2, 0.25) is 0 Å². The van der Waals surface area contributed by atoms with Gasteiger partial charge in [0.25, 0.3) is 5.91 Å². The van der Waals surface area contributed by atoms with E-state index < -0.39 is 10.1 Å². The fourth-order valence-electron chi connectivity index (χ4n) is 4.03. The normalized spacial score (nSPS) is 15.6. The number of halogens is 2. The van der Waals surface area contributed by atoms with Gasteiger partial charge >= 0.3 is 10.1 Å². The van der Waals surface area contributed by atoms with Crippen molar-refractivity contribution >= 4 is 62.2 Å². The van der Waals surface area contributed by atoms with Crippen LogP contribution >= 0.6 is 35.0 Å². The van der Waals surface area contributed by atoms with E-state index in [-0.39, 0.29) is 26.6 Å². The van der Waals surface area contributed by atoms with E-state index in [1.54, 1.807) is 23.1 Å². The van der Waals surface area contributed by atoms with E-state index in [0.29, 0.717) is 28.7 Å². The molecule has 4 aromatic rings. The van der Waals surface area contributed by atoms with Gasteiger partial charge in [0, 0.05) is 0 Å². The molecule has 5 rings (SSSR count). The van der Waals surface area contributed by atoms with Gasteiger partial charge in [-0.2, -0.15) is 8.42 Å². The lowest BCUT2D eigenvalue weighted by atomic mass is 10.2. The summed E-state index contributed by atoms with van der Waals surface area (Å²) >= 11 is 14.1. The van der Waals surface area contributed by atoms with E-state index in [4.69, 9.17) is 32.4 Å². The zero-order chi connectivity index (χ0) is 29.0. The lowest BCUT2D eigenvalue weighted by Crippen LogP contribution is -2.28. The average molecular weight is 624 g/mol. The molecule has 0 N–H and O–H groups in total. The van der Waals surface area contributed by atoms with Crippen LogP contribution in [0.15, 0.2) is 112 Å². The number of hydrogen-bond acceptors (Lipinski definition) is 6. The quantitative estimate of drug-likeness (QED) is 0.148. The number of aryl methyl sites for hydroxylation is 1. The first-order valence-corrected chi connectivity index (χ1v) is 15.5. The molecule has 1 aliphatic rings. The van der Waals surface area contributed by atoms with Crippen molar-refractivity contribution in [2.75, 3.05) is 0 Å². The number of benzene rings is 4. The first-order valence-electron chi connectivity index (χ1n) is 12.5. The lowest BCUT2D eigenvalue weighted by Gasteiger charge is -2.15. The number of aliphatic imine (C=N–C) groups is 1.